The lowest BCUT2D eigenvalue weighted by Crippen LogP contribution is -2.51. The molecule has 1 fully saturated rings. The van der Waals surface area contributed by atoms with Crippen LogP contribution < -0.4 is 16.0 Å². The molecule has 0 aliphatic carbocycles. The highest BCUT2D eigenvalue weighted by molar-refractivity contribution is 7.23. The summed E-state index contributed by atoms with van der Waals surface area (Å²) in [5.74, 6) is -0.0445. The number of hydrogen-bond donors (Lipinski definition) is 3. The molecule has 1 saturated heterocycles. The minimum Gasteiger partial charge on any atom is -0.380 e. The van der Waals surface area contributed by atoms with E-state index in [0.717, 1.165) is 29.9 Å². The summed E-state index contributed by atoms with van der Waals surface area (Å²) in [5.41, 5.74) is 4.96. The van der Waals surface area contributed by atoms with Crippen LogP contribution in [0, 0.1) is 6.92 Å². The molecule has 0 spiro atoms. The second-order valence-electron chi connectivity index (χ2n) is 8.49. The Hall–Kier alpha value is -2.93. The zero-order valence-corrected chi connectivity index (χ0v) is 20.4. The highest BCUT2D eigenvalue weighted by Crippen LogP contribution is 2.37. The normalized spacial score (nSPS) is 14.5. The van der Waals surface area contributed by atoms with Gasteiger partial charge < -0.3 is 16.0 Å². The number of benzene rings is 2. The van der Waals surface area contributed by atoms with E-state index in [2.05, 4.69) is 69.9 Å². The van der Waals surface area contributed by atoms with Gasteiger partial charge in [0, 0.05) is 39.0 Å². The Balaban J connectivity index is 1.31. The van der Waals surface area contributed by atoms with E-state index in [0.29, 0.717) is 11.6 Å². The van der Waals surface area contributed by atoms with Crippen molar-refractivity contribution in [2.24, 2.45) is 0 Å². The summed E-state index contributed by atoms with van der Waals surface area (Å²) in [6.45, 7) is 5.94. The smallest absolute Gasteiger partial charge is 0.252 e. The molecular formula is C27H27N3OS2. The fourth-order valence-electron chi connectivity index (χ4n) is 3.95. The largest absolute Gasteiger partial charge is 0.380 e. The van der Waals surface area contributed by atoms with E-state index in [-0.39, 0.29) is 11.9 Å². The van der Waals surface area contributed by atoms with Gasteiger partial charge in [-0.15, -0.1) is 22.7 Å². The van der Waals surface area contributed by atoms with Crippen LogP contribution in [0.15, 0.2) is 72.1 Å². The lowest BCUT2D eigenvalue weighted by atomic mass is 10.0. The zero-order valence-electron chi connectivity index (χ0n) is 18.7. The summed E-state index contributed by atoms with van der Waals surface area (Å²) < 4.78 is 0. The molecule has 0 radical (unpaired) electrons. The van der Waals surface area contributed by atoms with E-state index < -0.39 is 0 Å². The first kappa shape index (κ1) is 21.9. The number of amides is 1. The molecule has 1 aliphatic rings. The van der Waals surface area contributed by atoms with Gasteiger partial charge in [0.15, 0.2) is 0 Å². The third-order valence-corrected chi connectivity index (χ3v) is 8.22. The van der Waals surface area contributed by atoms with E-state index in [4.69, 9.17) is 0 Å². The van der Waals surface area contributed by atoms with Gasteiger partial charge in [-0.25, -0.2) is 0 Å². The first-order valence-corrected chi connectivity index (χ1v) is 12.9. The summed E-state index contributed by atoms with van der Waals surface area (Å²) in [6.07, 6.45) is 0. The van der Waals surface area contributed by atoms with Gasteiger partial charge >= 0.3 is 0 Å². The van der Waals surface area contributed by atoms with Crippen molar-refractivity contribution in [2.75, 3.05) is 18.4 Å². The van der Waals surface area contributed by atoms with Crippen molar-refractivity contribution in [1.82, 2.24) is 10.6 Å². The Morgan fingerprint density at radius 2 is 1.85 bits per heavy atom. The third-order valence-electron chi connectivity index (χ3n) is 6.02. The first-order valence-electron chi connectivity index (χ1n) is 11.2. The van der Waals surface area contributed by atoms with E-state index in [9.17, 15) is 4.79 Å². The predicted octanol–water partition coefficient (Wildman–Crippen LogP) is 6.33. The van der Waals surface area contributed by atoms with Gasteiger partial charge in [-0.3, -0.25) is 4.79 Å². The van der Waals surface area contributed by atoms with Gasteiger partial charge in [-0.05, 0) is 72.3 Å². The molecule has 3 heterocycles. The van der Waals surface area contributed by atoms with Gasteiger partial charge in [-0.1, -0.05) is 30.3 Å². The molecule has 168 valence electrons. The molecule has 1 amide bonds. The van der Waals surface area contributed by atoms with Crippen LogP contribution in [0.2, 0.25) is 0 Å². The van der Waals surface area contributed by atoms with Gasteiger partial charge in [-0.2, -0.15) is 0 Å². The Morgan fingerprint density at radius 3 is 2.61 bits per heavy atom. The van der Waals surface area contributed by atoms with Crippen LogP contribution >= 0.6 is 22.7 Å². The van der Waals surface area contributed by atoms with Crippen molar-refractivity contribution in [2.45, 2.75) is 25.9 Å². The monoisotopic (exact) mass is 473 g/mol. The van der Waals surface area contributed by atoms with E-state index in [1.165, 1.54) is 20.2 Å². The number of nitrogens with one attached hydrogen (secondary N) is 3. The number of hydrogen-bond acceptors (Lipinski definition) is 5. The third kappa shape index (κ3) is 4.88. The highest BCUT2D eigenvalue weighted by atomic mass is 32.1. The fraction of sp³-hybridized carbons (Fsp3) is 0.222. The Labute approximate surface area is 202 Å². The van der Waals surface area contributed by atoms with Crippen molar-refractivity contribution in [3.05, 3.63) is 88.8 Å². The quantitative estimate of drug-likeness (QED) is 0.294. The Kier molecular flexibility index (Phi) is 6.31. The number of aryl methyl sites for hydroxylation is 1. The Bertz CT molecular complexity index is 1260. The fourth-order valence-corrected chi connectivity index (χ4v) is 5.78. The molecular weight excluding hydrogens is 446 g/mol. The van der Waals surface area contributed by atoms with Gasteiger partial charge in [0.05, 0.1) is 12.1 Å². The molecule has 2 aromatic carbocycles. The van der Waals surface area contributed by atoms with Crippen LogP contribution in [-0.4, -0.2) is 25.0 Å². The summed E-state index contributed by atoms with van der Waals surface area (Å²) in [6, 6.07) is 23.4. The topological polar surface area (TPSA) is 53.2 Å². The van der Waals surface area contributed by atoms with Crippen molar-refractivity contribution < 1.29 is 4.79 Å². The van der Waals surface area contributed by atoms with Crippen LogP contribution in [0.1, 0.15) is 34.5 Å². The minimum atomic E-state index is -0.0963. The maximum absolute atomic E-state index is 13.1. The number of rotatable bonds is 7. The van der Waals surface area contributed by atoms with E-state index in [1.54, 1.807) is 22.7 Å². The second kappa shape index (κ2) is 9.51. The van der Waals surface area contributed by atoms with Gasteiger partial charge in [0.2, 0.25) is 0 Å². The lowest BCUT2D eigenvalue weighted by molar-refractivity contribution is 0.0939. The molecule has 5 rings (SSSR count). The average Bonchev–Trinajstić information content (AvgIpc) is 3.49. The number of thiophene rings is 2. The molecule has 1 aliphatic heterocycles. The summed E-state index contributed by atoms with van der Waals surface area (Å²) in [7, 11) is 0. The average molecular weight is 474 g/mol. The molecule has 1 atom stereocenters. The van der Waals surface area contributed by atoms with Gasteiger partial charge in [0.1, 0.15) is 0 Å². The summed E-state index contributed by atoms with van der Waals surface area (Å²) in [5, 5.41) is 12.0. The molecule has 0 bridgehead atoms. The molecule has 2 aromatic heterocycles. The number of carbonyl (C=O) groups is 1. The van der Waals surface area contributed by atoms with E-state index >= 15 is 0 Å². The molecule has 3 N–H and O–H groups in total. The second-order valence-corrected chi connectivity index (χ2v) is 10.5. The van der Waals surface area contributed by atoms with Crippen LogP contribution in [-0.2, 0) is 0 Å². The lowest BCUT2D eigenvalue weighted by Gasteiger charge is -2.29. The SMILES string of the molecule is Cc1ccc(NC2CNC2)cc1C(=O)NC(C)c1cccc(-c2ccc(-c3cccs3)s2)c1. The molecule has 0 saturated carbocycles. The number of anilines is 1. The van der Waals surface area contributed by atoms with Gasteiger partial charge in [0.25, 0.3) is 5.91 Å². The van der Waals surface area contributed by atoms with Crippen molar-refractivity contribution in [3.8, 4) is 20.2 Å². The standard InChI is InChI=1S/C27H27N3OS2/c1-17-8-9-21(30-22-15-28-16-22)14-23(17)27(31)29-18(2)19-5-3-6-20(13-19)24-10-11-26(33-24)25-7-4-12-32-25/h3-14,18,22,28,30H,15-16H2,1-2H3,(H,29,31). The molecule has 1 unspecified atom stereocenters. The maximum Gasteiger partial charge on any atom is 0.252 e. The molecule has 4 aromatic rings. The molecule has 4 nitrogen and oxygen atoms in total. The van der Waals surface area contributed by atoms with Crippen molar-refractivity contribution >= 4 is 34.3 Å². The van der Waals surface area contributed by atoms with Crippen LogP contribution in [0.25, 0.3) is 20.2 Å². The van der Waals surface area contributed by atoms with Crippen molar-refractivity contribution in [1.29, 1.82) is 0 Å². The van der Waals surface area contributed by atoms with Crippen LogP contribution in [0.4, 0.5) is 5.69 Å². The molecule has 33 heavy (non-hydrogen) atoms. The zero-order chi connectivity index (χ0) is 22.8. The molecule has 6 heteroatoms. The number of carbonyl (C=O) groups excluding carboxylic acids is 1. The summed E-state index contributed by atoms with van der Waals surface area (Å²) >= 11 is 3.56. The first-order chi connectivity index (χ1) is 16.1. The van der Waals surface area contributed by atoms with Crippen molar-refractivity contribution in [3.63, 3.8) is 0 Å². The maximum atomic E-state index is 13.1. The van der Waals surface area contributed by atoms with E-state index in [1.807, 2.05) is 32.0 Å². The van der Waals surface area contributed by atoms with Crippen LogP contribution in [0.5, 0.6) is 0 Å². The summed E-state index contributed by atoms with van der Waals surface area (Å²) in [4.78, 5) is 16.9. The van der Waals surface area contributed by atoms with Crippen LogP contribution in [0.3, 0.4) is 0 Å². The minimum absolute atomic E-state index is 0.0445. The Morgan fingerprint density at radius 1 is 1.00 bits per heavy atom. The predicted molar refractivity (Wildman–Crippen MR) is 140 cm³/mol. The highest BCUT2D eigenvalue weighted by Gasteiger charge is 2.18.